The van der Waals surface area contributed by atoms with Gasteiger partial charge in [0.1, 0.15) is 11.8 Å². The SMILES string of the molecule is NCCCCC(N)C(=O)OCCC(C(N)=O)c1ccc(OC(=O)C2CCCc3ccccc32)cc1. The molecule has 0 aliphatic heterocycles. The molecule has 0 bridgehead atoms. The van der Waals surface area contributed by atoms with Gasteiger partial charge in [0.05, 0.1) is 18.4 Å². The van der Waals surface area contributed by atoms with Crippen molar-refractivity contribution in [3.63, 3.8) is 0 Å². The van der Waals surface area contributed by atoms with E-state index in [-0.39, 0.29) is 24.9 Å². The minimum Gasteiger partial charge on any atom is -0.464 e. The molecule has 0 saturated carbocycles. The highest BCUT2D eigenvalue weighted by Crippen LogP contribution is 2.33. The van der Waals surface area contributed by atoms with Gasteiger partial charge >= 0.3 is 11.9 Å². The number of esters is 2. The molecule has 0 spiro atoms. The summed E-state index contributed by atoms with van der Waals surface area (Å²) in [6.07, 6.45) is 4.95. The van der Waals surface area contributed by atoms with E-state index in [9.17, 15) is 14.4 Å². The fraction of sp³-hybridized carbons (Fsp3) is 0.444. The third-order valence-corrected chi connectivity index (χ3v) is 6.42. The lowest BCUT2D eigenvalue weighted by Crippen LogP contribution is -2.33. The molecule has 6 N–H and O–H groups in total. The molecular formula is C27H35N3O5. The van der Waals surface area contributed by atoms with Crippen LogP contribution in [0.25, 0.3) is 0 Å². The fourth-order valence-electron chi connectivity index (χ4n) is 4.44. The van der Waals surface area contributed by atoms with Crippen LogP contribution in [0.2, 0.25) is 0 Å². The summed E-state index contributed by atoms with van der Waals surface area (Å²) in [7, 11) is 0. The molecular weight excluding hydrogens is 446 g/mol. The van der Waals surface area contributed by atoms with E-state index in [0.717, 1.165) is 37.7 Å². The predicted molar refractivity (Wildman–Crippen MR) is 133 cm³/mol. The van der Waals surface area contributed by atoms with Crippen LogP contribution in [0.15, 0.2) is 48.5 Å². The van der Waals surface area contributed by atoms with Crippen molar-refractivity contribution >= 4 is 17.8 Å². The first kappa shape index (κ1) is 26.4. The Morgan fingerprint density at radius 1 is 1.00 bits per heavy atom. The quantitative estimate of drug-likeness (QED) is 0.240. The molecule has 2 aromatic carbocycles. The lowest BCUT2D eigenvalue weighted by atomic mass is 9.83. The number of carbonyl (C=O) groups excluding carboxylic acids is 3. The van der Waals surface area contributed by atoms with Crippen molar-refractivity contribution in [1.29, 1.82) is 0 Å². The van der Waals surface area contributed by atoms with E-state index in [4.69, 9.17) is 26.7 Å². The first-order valence-electron chi connectivity index (χ1n) is 12.2. The van der Waals surface area contributed by atoms with Crippen LogP contribution in [-0.2, 0) is 25.5 Å². The Bertz CT molecular complexity index is 1010. The monoisotopic (exact) mass is 481 g/mol. The zero-order chi connectivity index (χ0) is 25.2. The number of fused-ring (bicyclic) bond motifs is 1. The number of unbranched alkanes of at least 4 members (excludes halogenated alkanes) is 1. The zero-order valence-corrected chi connectivity index (χ0v) is 20.0. The Kier molecular flexibility index (Phi) is 9.81. The molecule has 0 radical (unpaired) electrons. The molecule has 3 unspecified atom stereocenters. The second-order valence-corrected chi connectivity index (χ2v) is 8.94. The van der Waals surface area contributed by atoms with Gasteiger partial charge in [-0.3, -0.25) is 14.4 Å². The molecule has 3 rings (SSSR count). The summed E-state index contributed by atoms with van der Waals surface area (Å²) in [5, 5.41) is 0. The summed E-state index contributed by atoms with van der Waals surface area (Å²) in [4.78, 5) is 36.9. The average Bonchev–Trinajstić information content (AvgIpc) is 2.86. The smallest absolute Gasteiger partial charge is 0.322 e. The highest BCUT2D eigenvalue weighted by molar-refractivity contribution is 5.83. The number of amides is 1. The lowest BCUT2D eigenvalue weighted by Gasteiger charge is -2.23. The topological polar surface area (TPSA) is 148 Å². The minimum atomic E-state index is -0.710. The molecule has 0 fully saturated rings. The third-order valence-electron chi connectivity index (χ3n) is 6.42. The fourth-order valence-corrected chi connectivity index (χ4v) is 4.44. The van der Waals surface area contributed by atoms with Crippen molar-refractivity contribution in [2.45, 2.75) is 62.8 Å². The maximum atomic E-state index is 12.8. The molecule has 8 nitrogen and oxygen atoms in total. The van der Waals surface area contributed by atoms with Crippen molar-refractivity contribution in [2.24, 2.45) is 17.2 Å². The summed E-state index contributed by atoms with van der Waals surface area (Å²) in [5.74, 6) is -1.85. The van der Waals surface area contributed by atoms with Gasteiger partial charge in [0, 0.05) is 0 Å². The van der Waals surface area contributed by atoms with Gasteiger partial charge in [-0.15, -0.1) is 0 Å². The number of rotatable bonds is 12. The number of aryl methyl sites for hydroxylation is 1. The van der Waals surface area contributed by atoms with Crippen LogP contribution in [0.1, 0.15) is 67.1 Å². The summed E-state index contributed by atoms with van der Waals surface area (Å²) < 4.78 is 10.9. The van der Waals surface area contributed by atoms with Crippen molar-refractivity contribution in [3.8, 4) is 5.75 Å². The molecule has 8 heteroatoms. The van der Waals surface area contributed by atoms with Crippen molar-refractivity contribution in [1.82, 2.24) is 0 Å². The highest BCUT2D eigenvalue weighted by Gasteiger charge is 2.28. The van der Waals surface area contributed by atoms with Gasteiger partial charge in [-0.25, -0.2) is 0 Å². The molecule has 1 aliphatic rings. The predicted octanol–water partition coefficient (Wildman–Crippen LogP) is 2.67. The third kappa shape index (κ3) is 7.37. The van der Waals surface area contributed by atoms with E-state index in [1.165, 1.54) is 5.56 Å². The lowest BCUT2D eigenvalue weighted by molar-refractivity contribution is -0.146. The molecule has 1 amide bonds. The van der Waals surface area contributed by atoms with Crippen LogP contribution in [0.5, 0.6) is 5.75 Å². The van der Waals surface area contributed by atoms with Crippen LogP contribution in [0, 0.1) is 0 Å². The van der Waals surface area contributed by atoms with Gasteiger partial charge in [0.15, 0.2) is 0 Å². The van der Waals surface area contributed by atoms with Gasteiger partial charge in [0.25, 0.3) is 0 Å². The van der Waals surface area contributed by atoms with Crippen LogP contribution in [0.4, 0.5) is 0 Å². The Balaban J connectivity index is 1.54. The van der Waals surface area contributed by atoms with Crippen molar-refractivity contribution in [2.75, 3.05) is 13.2 Å². The van der Waals surface area contributed by atoms with E-state index in [0.29, 0.717) is 24.3 Å². The number of ether oxygens (including phenoxy) is 2. The highest BCUT2D eigenvalue weighted by atomic mass is 16.5. The van der Waals surface area contributed by atoms with Crippen LogP contribution in [-0.4, -0.2) is 37.0 Å². The first-order chi connectivity index (χ1) is 16.9. The van der Waals surface area contributed by atoms with Gasteiger partial charge < -0.3 is 26.7 Å². The number of hydrogen-bond donors (Lipinski definition) is 3. The molecule has 0 saturated heterocycles. The molecule has 0 aromatic heterocycles. The van der Waals surface area contributed by atoms with Crippen molar-refractivity contribution < 1.29 is 23.9 Å². The molecule has 3 atom stereocenters. The number of carbonyl (C=O) groups is 3. The number of benzene rings is 2. The van der Waals surface area contributed by atoms with Gasteiger partial charge in [-0.1, -0.05) is 42.8 Å². The van der Waals surface area contributed by atoms with E-state index in [2.05, 4.69) is 6.07 Å². The van der Waals surface area contributed by atoms with Crippen LogP contribution < -0.4 is 21.9 Å². The van der Waals surface area contributed by atoms with E-state index in [1.54, 1.807) is 24.3 Å². The van der Waals surface area contributed by atoms with E-state index >= 15 is 0 Å². The van der Waals surface area contributed by atoms with E-state index < -0.39 is 23.8 Å². The Hall–Kier alpha value is -3.23. The van der Waals surface area contributed by atoms with Gasteiger partial charge in [-0.05, 0) is 73.9 Å². The van der Waals surface area contributed by atoms with Crippen LogP contribution >= 0.6 is 0 Å². The molecule has 1 aliphatic carbocycles. The summed E-state index contributed by atoms with van der Waals surface area (Å²) in [5.41, 5.74) is 19.7. The number of hydrogen-bond acceptors (Lipinski definition) is 7. The Morgan fingerprint density at radius 3 is 2.46 bits per heavy atom. The maximum Gasteiger partial charge on any atom is 0.322 e. The Morgan fingerprint density at radius 2 is 1.74 bits per heavy atom. The normalized spacial score (nSPS) is 16.6. The Labute approximate surface area is 206 Å². The number of nitrogens with two attached hydrogens (primary N) is 3. The molecule has 188 valence electrons. The standard InChI is InChI=1S/C27H35N3O5/c28-16-4-3-10-24(29)27(33)34-17-15-22(25(30)31)19-11-13-20(14-12-19)35-26(32)23-9-5-7-18-6-1-2-8-21(18)23/h1-2,6,8,11-14,22-24H,3-5,7,9-10,15-17,28-29H2,(H2,30,31). The number of primary amides is 1. The van der Waals surface area contributed by atoms with Crippen molar-refractivity contribution in [3.05, 3.63) is 65.2 Å². The summed E-state index contributed by atoms with van der Waals surface area (Å²) in [6, 6.07) is 14.0. The van der Waals surface area contributed by atoms with E-state index in [1.807, 2.05) is 18.2 Å². The molecule has 35 heavy (non-hydrogen) atoms. The van der Waals surface area contributed by atoms with Crippen LogP contribution in [0.3, 0.4) is 0 Å². The zero-order valence-electron chi connectivity index (χ0n) is 20.0. The second kappa shape index (κ2) is 13.0. The van der Waals surface area contributed by atoms with Gasteiger partial charge in [-0.2, -0.15) is 0 Å². The largest absolute Gasteiger partial charge is 0.464 e. The molecule has 2 aromatic rings. The summed E-state index contributed by atoms with van der Waals surface area (Å²) >= 11 is 0. The summed E-state index contributed by atoms with van der Waals surface area (Å²) in [6.45, 7) is 0.573. The first-order valence-corrected chi connectivity index (χ1v) is 12.2. The second-order valence-electron chi connectivity index (χ2n) is 8.94. The molecule has 0 heterocycles. The minimum absolute atomic E-state index is 0.0227. The van der Waals surface area contributed by atoms with Gasteiger partial charge in [0.2, 0.25) is 5.91 Å². The maximum absolute atomic E-state index is 12.8. The average molecular weight is 482 g/mol.